The smallest absolute Gasteiger partial charge is 0.327 e. The van der Waals surface area contributed by atoms with Crippen molar-refractivity contribution in [3.05, 3.63) is 29.8 Å². The number of unbranched alkanes of at least 4 members (excludes halogenated alkanes) is 1. The van der Waals surface area contributed by atoms with Gasteiger partial charge in [0.1, 0.15) is 23.9 Å². The summed E-state index contributed by atoms with van der Waals surface area (Å²) >= 11 is 3.83. The summed E-state index contributed by atoms with van der Waals surface area (Å²) in [4.78, 5) is 60.5. The number of benzene rings is 1. The van der Waals surface area contributed by atoms with Gasteiger partial charge in [0.05, 0.1) is 12.5 Å². The Balaban J connectivity index is 2.95. The predicted molar refractivity (Wildman–Crippen MR) is 132 cm³/mol. The van der Waals surface area contributed by atoms with Crippen LogP contribution in [0.2, 0.25) is 0 Å². The van der Waals surface area contributed by atoms with Crippen molar-refractivity contribution in [2.75, 3.05) is 12.3 Å². The molecule has 36 heavy (non-hydrogen) atoms. The third-order valence-corrected chi connectivity index (χ3v) is 5.48. The summed E-state index contributed by atoms with van der Waals surface area (Å²) in [5.74, 6) is -5.51. The van der Waals surface area contributed by atoms with Gasteiger partial charge in [0, 0.05) is 5.75 Å². The molecule has 0 saturated carbocycles. The van der Waals surface area contributed by atoms with E-state index in [0.29, 0.717) is 24.9 Å². The van der Waals surface area contributed by atoms with E-state index in [4.69, 9.17) is 21.7 Å². The Kier molecular flexibility index (Phi) is 13.3. The number of nitrogens with two attached hydrogens (primary N) is 2. The maximum absolute atomic E-state index is 12.9. The number of carboxylic acids is 2. The SMILES string of the molecule is NCCCC[C@H](NC(=O)[C@@H](N)Cc1ccc(O)cc1)C(=O)N[C@@H](CC(=O)O)C(=O)N[C@@H](CS)C(=O)O. The first-order valence-electron chi connectivity index (χ1n) is 11.2. The lowest BCUT2D eigenvalue weighted by atomic mass is 10.0. The van der Waals surface area contributed by atoms with Crippen molar-refractivity contribution in [1.29, 1.82) is 0 Å². The van der Waals surface area contributed by atoms with Crippen molar-refractivity contribution in [3.8, 4) is 5.75 Å². The summed E-state index contributed by atoms with van der Waals surface area (Å²) in [7, 11) is 0. The molecule has 0 aliphatic carbocycles. The Labute approximate surface area is 213 Å². The molecule has 0 bridgehead atoms. The van der Waals surface area contributed by atoms with E-state index in [0.717, 1.165) is 0 Å². The predicted octanol–water partition coefficient (Wildman–Crippen LogP) is -1.67. The topological polar surface area (TPSA) is 234 Å². The van der Waals surface area contributed by atoms with Crippen LogP contribution in [0.1, 0.15) is 31.2 Å². The summed E-state index contributed by atoms with van der Waals surface area (Å²) in [5, 5.41) is 34.6. The molecule has 0 saturated heterocycles. The van der Waals surface area contributed by atoms with Gasteiger partial charge in [-0.15, -0.1) is 0 Å². The van der Waals surface area contributed by atoms with Gasteiger partial charge in [0.2, 0.25) is 17.7 Å². The van der Waals surface area contributed by atoms with Crippen LogP contribution in [-0.4, -0.2) is 81.4 Å². The monoisotopic (exact) mass is 527 g/mol. The number of aromatic hydroxyl groups is 1. The normalized spacial score (nSPS) is 14.1. The number of carbonyl (C=O) groups excluding carboxylic acids is 3. The van der Waals surface area contributed by atoms with Crippen LogP contribution >= 0.6 is 12.6 Å². The number of phenolic OH excluding ortho intramolecular Hbond substituents is 1. The van der Waals surface area contributed by atoms with Crippen molar-refractivity contribution in [1.82, 2.24) is 16.0 Å². The molecule has 0 aliphatic heterocycles. The van der Waals surface area contributed by atoms with Gasteiger partial charge in [-0.05, 0) is 49.9 Å². The minimum absolute atomic E-state index is 0.0532. The minimum atomic E-state index is -1.60. The van der Waals surface area contributed by atoms with Crippen molar-refractivity contribution in [2.24, 2.45) is 11.5 Å². The highest BCUT2D eigenvalue weighted by molar-refractivity contribution is 7.80. The first-order valence-corrected chi connectivity index (χ1v) is 11.8. The number of carboxylic acid groups (broad SMARTS) is 2. The molecule has 1 aromatic rings. The van der Waals surface area contributed by atoms with Crippen LogP contribution in [0.25, 0.3) is 0 Å². The fraction of sp³-hybridized carbons (Fsp3) is 0.500. The van der Waals surface area contributed by atoms with Crippen LogP contribution in [0.5, 0.6) is 5.75 Å². The first-order chi connectivity index (χ1) is 17.0. The second-order valence-electron chi connectivity index (χ2n) is 8.06. The number of aliphatic carboxylic acids is 2. The lowest BCUT2D eigenvalue weighted by Gasteiger charge is -2.24. The minimum Gasteiger partial charge on any atom is -0.508 e. The van der Waals surface area contributed by atoms with Crippen LogP contribution in [0.3, 0.4) is 0 Å². The summed E-state index contributed by atoms with van der Waals surface area (Å²) < 4.78 is 0. The van der Waals surface area contributed by atoms with Crippen LogP contribution in [-0.2, 0) is 30.4 Å². The van der Waals surface area contributed by atoms with Crippen molar-refractivity contribution >= 4 is 42.3 Å². The number of amides is 3. The molecule has 0 unspecified atom stereocenters. The van der Waals surface area contributed by atoms with Crippen molar-refractivity contribution < 1.29 is 39.3 Å². The molecule has 14 heteroatoms. The fourth-order valence-corrected chi connectivity index (χ4v) is 3.38. The molecule has 1 rings (SSSR count). The average Bonchev–Trinajstić information content (AvgIpc) is 2.82. The van der Waals surface area contributed by atoms with Gasteiger partial charge in [-0.3, -0.25) is 19.2 Å². The number of hydrogen-bond acceptors (Lipinski definition) is 9. The van der Waals surface area contributed by atoms with E-state index in [-0.39, 0.29) is 24.3 Å². The van der Waals surface area contributed by atoms with Crippen molar-refractivity contribution in [2.45, 2.75) is 56.3 Å². The Hall–Kier alpha value is -3.36. The van der Waals surface area contributed by atoms with E-state index in [2.05, 4.69) is 28.6 Å². The van der Waals surface area contributed by atoms with E-state index in [9.17, 15) is 29.1 Å². The molecule has 0 spiro atoms. The standard InChI is InChI=1S/C22H33N5O8S/c23-8-2-1-3-15(25-19(31)14(24)9-12-4-6-13(28)7-5-12)20(32)26-16(10-18(29)30)21(33)27-17(11-36)22(34)35/h4-7,14-17,28,36H,1-3,8-11,23-24H2,(H,25,31)(H,26,32)(H,27,33)(H,29,30)(H,34,35)/t14-,15-,16-,17-/m0/s1. The second-order valence-corrected chi connectivity index (χ2v) is 8.43. The zero-order chi connectivity index (χ0) is 27.3. The van der Waals surface area contributed by atoms with Crippen molar-refractivity contribution in [3.63, 3.8) is 0 Å². The van der Waals surface area contributed by atoms with E-state index in [1.807, 2.05) is 0 Å². The molecule has 13 nitrogen and oxygen atoms in total. The van der Waals surface area contributed by atoms with E-state index < -0.39 is 60.2 Å². The highest BCUT2D eigenvalue weighted by Crippen LogP contribution is 2.11. The number of nitrogens with one attached hydrogen (secondary N) is 3. The first kappa shape index (κ1) is 30.7. The highest BCUT2D eigenvalue weighted by Gasteiger charge is 2.31. The molecule has 4 atom stereocenters. The third kappa shape index (κ3) is 10.9. The molecule has 200 valence electrons. The molecule has 1 aromatic carbocycles. The molecule has 10 N–H and O–H groups in total. The lowest BCUT2D eigenvalue weighted by molar-refractivity contribution is -0.143. The maximum atomic E-state index is 12.9. The molecule has 0 fully saturated rings. The Morgan fingerprint density at radius 2 is 1.42 bits per heavy atom. The van der Waals surface area contributed by atoms with E-state index >= 15 is 0 Å². The average molecular weight is 528 g/mol. The summed E-state index contributed by atoms with van der Waals surface area (Å²) in [6.07, 6.45) is 0.420. The van der Waals surface area contributed by atoms with Gasteiger partial charge >= 0.3 is 11.9 Å². The van der Waals surface area contributed by atoms with Gasteiger partial charge < -0.3 is 42.7 Å². The largest absolute Gasteiger partial charge is 0.508 e. The number of thiol groups is 1. The third-order valence-electron chi connectivity index (χ3n) is 5.12. The fourth-order valence-electron chi connectivity index (χ4n) is 3.13. The zero-order valence-electron chi connectivity index (χ0n) is 19.6. The number of carbonyl (C=O) groups is 5. The Morgan fingerprint density at radius 1 is 0.861 bits per heavy atom. The molecule has 0 heterocycles. The lowest BCUT2D eigenvalue weighted by Crippen LogP contribution is -2.57. The molecule has 0 aromatic heterocycles. The summed E-state index contributed by atoms with van der Waals surface area (Å²) in [6.45, 7) is 0.340. The number of phenols is 1. The summed E-state index contributed by atoms with van der Waals surface area (Å²) in [6, 6.07) is 0.890. The van der Waals surface area contributed by atoms with Gasteiger partial charge in [0.25, 0.3) is 0 Å². The molecule has 0 aliphatic rings. The molecular formula is C22H33N5O8S. The zero-order valence-corrected chi connectivity index (χ0v) is 20.4. The van der Waals surface area contributed by atoms with Gasteiger partial charge in [-0.2, -0.15) is 12.6 Å². The second kappa shape index (κ2) is 15.6. The molecular weight excluding hydrogens is 494 g/mol. The van der Waals surface area contributed by atoms with Crippen LogP contribution in [0, 0.1) is 0 Å². The number of hydrogen-bond donors (Lipinski definition) is 9. The van der Waals surface area contributed by atoms with Gasteiger partial charge in [-0.25, -0.2) is 4.79 Å². The number of rotatable bonds is 16. The van der Waals surface area contributed by atoms with Gasteiger partial charge in [-0.1, -0.05) is 12.1 Å². The van der Waals surface area contributed by atoms with Crippen LogP contribution in [0.4, 0.5) is 0 Å². The Bertz CT molecular complexity index is 914. The maximum Gasteiger partial charge on any atom is 0.327 e. The van der Waals surface area contributed by atoms with E-state index in [1.165, 1.54) is 12.1 Å². The molecule has 0 radical (unpaired) electrons. The Morgan fingerprint density at radius 3 is 1.94 bits per heavy atom. The van der Waals surface area contributed by atoms with E-state index in [1.54, 1.807) is 12.1 Å². The van der Waals surface area contributed by atoms with Gasteiger partial charge in [0.15, 0.2) is 0 Å². The highest BCUT2D eigenvalue weighted by atomic mass is 32.1. The summed E-state index contributed by atoms with van der Waals surface area (Å²) in [5.41, 5.74) is 12.1. The van der Waals surface area contributed by atoms with Crippen LogP contribution in [0.15, 0.2) is 24.3 Å². The quantitative estimate of drug-likeness (QED) is 0.0876. The van der Waals surface area contributed by atoms with Crippen LogP contribution < -0.4 is 27.4 Å². The molecule has 3 amide bonds.